The Morgan fingerprint density at radius 2 is 2.27 bits per heavy atom. The van der Waals surface area contributed by atoms with E-state index in [1.54, 1.807) is 7.11 Å². The van der Waals surface area contributed by atoms with Crippen LogP contribution in [0.2, 0.25) is 0 Å². The van der Waals surface area contributed by atoms with Crippen molar-refractivity contribution in [2.45, 2.75) is 26.0 Å². The summed E-state index contributed by atoms with van der Waals surface area (Å²) in [6.45, 7) is 4.97. The van der Waals surface area contributed by atoms with Gasteiger partial charge in [-0.3, -0.25) is 4.90 Å². The number of piperidine rings is 1. The maximum absolute atomic E-state index is 5.04. The van der Waals surface area contributed by atoms with E-state index in [4.69, 9.17) is 4.74 Å². The Morgan fingerprint density at radius 1 is 1.41 bits per heavy atom. The quantitative estimate of drug-likeness (QED) is 0.841. The smallest absolute Gasteiger partial charge is 0.202 e. The molecule has 1 aliphatic heterocycles. The van der Waals surface area contributed by atoms with E-state index in [1.165, 1.54) is 42.3 Å². The van der Waals surface area contributed by atoms with Crippen molar-refractivity contribution < 1.29 is 4.74 Å². The van der Waals surface area contributed by atoms with Gasteiger partial charge in [-0.05, 0) is 43.3 Å². The fourth-order valence-corrected chi connectivity index (χ4v) is 4.04. The molecule has 2 aromatic heterocycles. The van der Waals surface area contributed by atoms with E-state index in [2.05, 4.69) is 37.1 Å². The van der Waals surface area contributed by atoms with Gasteiger partial charge in [-0.2, -0.15) is 4.37 Å². The molecule has 0 aromatic carbocycles. The predicted molar refractivity (Wildman–Crippen MR) is 91.4 cm³/mol. The van der Waals surface area contributed by atoms with Crippen molar-refractivity contribution in [2.75, 3.05) is 32.1 Å². The van der Waals surface area contributed by atoms with Crippen LogP contribution < -0.4 is 5.32 Å². The fraction of sp³-hybridized carbons (Fsp3) is 0.600. The zero-order valence-electron chi connectivity index (χ0n) is 12.8. The number of nitrogens with zero attached hydrogens (tertiary/aromatic N) is 3. The molecule has 0 radical (unpaired) electrons. The molecule has 2 aromatic rings. The molecule has 3 rings (SSSR count). The number of likely N-dealkylation sites (tertiary alicyclic amines) is 1. The average Bonchev–Trinajstić information content (AvgIpc) is 3.19. The molecule has 0 unspecified atom stereocenters. The van der Waals surface area contributed by atoms with Crippen LogP contribution in [0.3, 0.4) is 0 Å². The second kappa shape index (κ2) is 8.01. The summed E-state index contributed by atoms with van der Waals surface area (Å²) in [5.74, 6) is 1.50. The Bertz CT molecular complexity index is 550. The van der Waals surface area contributed by atoms with E-state index in [0.717, 1.165) is 30.0 Å². The summed E-state index contributed by atoms with van der Waals surface area (Å²) in [4.78, 5) is 8.44. The minimum Gasteiger partial charge on any atom is -0.377 e. The van der Waals surface area contributed by atoms with Gasteiger partial charge >= 0.3 is 0 Å². The van der Waals surface area contributed by atoms with Crippen LogP contribution in [0.4, 0.5) is 5.13 Å². The number of rotatable bonds is 7. The lowest BCUT2D eigenvalue weighted by atomic mass is 9.97. The standard InChI is InChI=1S/C15H22N4OS2/c1-20-11-14-17-15(22-18-14)16-9-12-4-6-19(7-5-12)10-13-3-2-8-21-13/h2-3,8,12H,4-7,9-11H2,1H3,(H,16,17,18). The summed E-state index contributed by atoms with van der Waals surface area (Å²) in [6.07, 6.45) is 2.50. The Labute approximate surface area is 139 Å². The van der Waals surface area contributed by atoms with E-state index >= 15 is 0 Å². The first-order valence-electron chi connectivity index (χ1n) is 7.63. The maximum Gasteiger partial charge on any atom is 0.202 e. The van der Waals surface area contributed by atoms with E-state index in [0.29, 0.717) is 6.61 Å². The molecule has 0 spiro atoms. The number of ether oxygens (including phenoxy) is 1. The topological polar surface area (TPSA) is 50.3 Å². The van der Waals surface area contributed by atoms with Gasteiger partial charge in [0.15, 0.2) is 5.82 Å². The first-order chi connectivity index (χ1) is 10.8. The van der Waals surface area contributed by atoms with Crippen LogP contribution in [-0.2, 0) is 17.9 Å². The van der Waals surface area contributed by atoms with E-state index in [-0.39, 0.29) is 0 Å². The van der Waals surface area contributed by atoms with E-state index < -0.39 is 0 Å². The van der Waals surface area contributed by atoms with Crippen molar-refractivity contribution in [3.05, 3.63) is 28.2 Å². The zero-order chi connectivity index (χ0) is 15.2. The highest BCUT2D eigenvalue weighted by molar-refractivity contribution is 7.10. The van der Waals surface area contributed by atoms with Crippen molar-refractivity contribution >= 4 is 28.0 Å². The van der Waals surface area contributed by atoms with Gasteiger partial charge in [0, 0.05) is 36.6 Å². The molecule has 5 nitrogen and oxygen atoms in total. The molecule has 7 heteroatoms. The van der Waals surface area contributed by atoms with Crippen LogP contribution in [-0.4, -0.2) is 41.0 Å². The first kappa shape index (κ1) is 15.9. The molecule has 0 amide bonds. The molecule has 1 N–H and O–H groups in total. The molecule has 1 aliphatic rings. The number of thiophene rings is 1. The van der Waals surface area contributed by atoms with Crippen LogP contribution >= 0.6 is 22.9 Å². The van der Waals surface area contributed by atoms with Gasteiger partial charge in [0.05, 0.1) is 0 Å². The van der Waals surface area contributed by atoms with Gasteiger partial charge in [0.25, 0.3) is 0 Å². The van der Waals surface area contributed by atoms with Gasteiger partial charge in [-0.25, -0.2) is 4.98 Å². The lowest BCUT2D eigenvalue weighted by molar-refractivity contribution is 0.179. The predicted octanol–water partition coefficient (Wildman–Crippen LogP) is 3.07. The normalized spacial score (nSPS) is 17.0. The summed E-state index contributed by atoms with van der Waals surface area (Å²) in [5.41, 5.74) is 0. The van der Waals surface area contributed by atoms with Gasteiger partial charge in [-0.1, -0.05) is 6.07 Å². The van der Waals surface area contributed by atoms with Gasteiger partial charge in [0.2, 0.25) is 5.13 Å². The Kier molecular flexibility index (Phi) is 5.77. The lowest BCUT2D eigenvalue weighted by Gasteiger charge is -2.31. The molecule has 0 bridgehead atoms. The fourth-order valence-electron chi connectivity index (χ4n) is 2.72. The first-order valence-corrected chi connectivity index (χ1v) is 9.29. The van der Waals surface area contributed by atoms with Crippen molar-refractivity contribution in [1.82, 2.24) is 14.3 Å². The third-order valence-electron chi connectivity index (χ3n) is 3.95. The summed E-state index contributed by atoms with van der Waals surface area (Å²) in [5, 5.41) is 6.50. The third kappa shape index (κ3) is 4.49. The molecule has 0 atom stereocenters. The summed E-state index contributed by atoms with van der Waals surface area (Å²) in [6, 6.07) is 4.36. The van der Waals surface area contributed by atoms with Crippen LogP contribution in [0.1, 0.15) is 23.5 Å². The largest absolute Gasteiger partial charge is 0.377 e. The van der Waals surface area contributed by atoms with Crippen LogP contribution in [0.5, 0.6) is 0 Å². The molecular formula is C15H22N4OS2. The minimum atomic E-state index is 0.485. The Balaban J connectivity index is 1.38. The average molecular weight is 339 g/mol. The maximum atomic E-state index is 5.04. The van der Waals surface area contributed by atoms with Crippen molar-refractivity contribution in [3.63, 3.8) is 0 Å². The minimum absolute atomic E-state index is 0.485. The Hall–Kier alpha value is -1.02. The molecular weight excluding hydrogens is 316 g/mol. The number of hydrogen-bond acceptors (Lipinski definition) is 7. The number of nitrogens with one attached hydrogen (secondary N) is 1. The third-order valence-corrected chi connectivity index (χ3v) is 5.52. The molecule has 120 valence electrons. The van der Waals surface area contributed by atoms with Gasteiger partial charge in [-0.15, -0.1) is 11.3 Å². The van der Waals surface area contributed by atoms with Crippen molar-refractivity contribution in [1.29, 1.82) is 0 Å². The molecule has 1 saturated heterocycles. The zero-order valence-corrected chi connectivity index (χ0v) is 14.5. The number of anilines is 1. The molecule has 1 fully saturated rings. The van der Waals surface area contributed by atoms with Crippen LogP contribution in [0, 0.1) is 5.92 Å². The number of hydrogen-bond donors (Lipinski definition) is 1. The van der Waals surface area contributed by atoms with Crippen molar-refractivity contribution in [3.8, 4) is 0 Å². The van der Waals surface area contributed by atoms with E-state index in [9.17, 15) is 0 Å². The van der Waals surface area contributed by atoms with Crippen molar-refractivity contribution in [2.24, 2.45) is 5.92 Å². The second-order valence-corrected chi connectivity index (χ2v) is 7.41. The van der Waals surface area contributed by atoms with Crippen LogP contribution in [0.15, 0.2) is 17.5 Å². The lowest BCUT2D eigenvalue weighted by Crippen LogP contribution is -2.35. The van der Waals surface area contributed by atoms with Crippen LogP contribution in [0.25, 0.3) is 0 Å². The summed E-state index contributed by atoms with van der Waals surface area (Å²) < 4.78 is 9.30. The number of aromatic nitrogens is 2. The van der Waals surface area contributed by atoms with Gasteiger partial charge < -0.3 is 10.1 Å². The molecule has 3 heterocycles. The summed E-state index contributed by atoms with van der Waals surface area (Å²) in [7, 11) is 1.66. The highest BCUT2D eigenvalue weighted by Gasteiger charge is 2.19. The molecule has 22 heavy (non-hydrogen) atoms. The van der Waals surface area contributed by atoms with Gasteiger partial charge in [0.1, 0.15) is 6.61 Å². The molecule has 0 aliphatic carbocycles. The Morgan fingerprint density at radius 3 is 3.00 bits per heavy atom. The second-order valence-electron chi connectivity index (χ2n) is 5.63. The highest BCUT2D eigenvalue weighted by Crippen LogP contribution is 2.21. The monoisotopic (exact) mass is 338 g/mol. The highest BCUT2D eigenvalue weighted by atomic mass is 32.1. The number of methoxy groups -OCH3 is 1. The molecule has 0 saturated carbocycles. The van der Waals surface area contributed by atoms with E-state index in [1.807, 2.05) is 11.3 Å². The summed E-state index contributed by atoms with van der Waals surface area (Å²) >= 11 is 3.27. The SMILES string of the molecule is COCc1nsc(NCC2CCN(Cc3cccs3)CC2)n1.